The molecule has 0 aliphatic heterocycles. The monoisotopic (exact) mass is 446 g/mol. The van der Waals surface area contributed by atoms with Gasteiger partial charge in [0.05, 0.1) is 14.2 Å². The molecule has 0 spiro atoms. The number of hydrogen-bond acceptors (Lipinski definition) is 7. The van der Waals surface area contributed by atoms with Crippen molar-refractivity contribution in [3.63, 3.8) is 0 Å². The van der Waals surface area contributed by atoms with E-state index in [2.05, 4.69) is 15.3 Å². The normalized spacial score (nSPS) is 10.5. The molecule has 0 bridgehead atoms. The van der Waals surface area contributed by atoms with Gasteiger partial charge >= 0.3 is 0 Å². The lowest BCUT2D eigenvalue weighted by atomic mass is 10.2. The number of nitrogen functional groups attached to an aromatic ring is 1. The van der Waals surface area contributed by atoms with Crippen LogP contribution in [0, 0.1) is 0 Å². The van der Waals surface area contributed by atoms with Crippen LogP contribution in [0.5, 0.6) is 11.5 Å². The van der Waals surface area contributed by atoms with Crippen molar-refractivity contribution in [2.45, 2.75) is 10.9 Å². The fourth-order valence-corrected chi connectivity index (χ4v) is 3.74. The number of hydrogen-bond donors (Lipinski definition) is 3. The average molecular weight is 447 g/mol. The van der Waals surface area contributed by atoms with Crippen LogP contribution in [-0.4, -0.2) is 30.1 Å². The van der Waals surface area contributed by atoms with Crippen LogP contribution in [0.2, 0.25) is 5.02 Å². The highest BCUT2D eigenvalue weighted by molar-refractivity contribution is 7.98. The van der Waals surface area contributed by atoms with Crippen LogP contribution in [-0.2, 0) is 5.75 Å². The number of nitrogens with zero attached hydrogens (tertiary/aromatic N) is 1. The predicted molar refractivity (Wildman–Crippen MR) is 118 cm³/mol. The topological polar surface area (TPSA) is 119 Å². The first-order valence-electron chi connectivity index (χ1n) is 8.72. The third-order valence-corrected chi connectivity index (χ3v) is 5.42. The molecule has 10 heteroatoms. The molecule has 0 saturated heterocycles. The summed E-state index contributed by atoms with van der Waals surface area (Å²) in [5, 5.41) is 3.44. The molecule has 30 heavy (non-hydrogen) atoms. The highest BCUT2D eigenvalue weighted by Gasteiger charge is 2.16. The van der Waals surface area contributed by atoms with E-state index < -0.39 is 11.5 Å². The minimum absolute atomic E-state index is 0.0887. The fraction of sp³-hybridized carbons (Fsp3) is 0.150. The molecule has 0 fully saturated rings. The van der Waals surface area contributed by atoms with Gasteiger partial charge in [-0.05, 0) is 29.8 Å². The number of anilines is 2. The summed E-state index contributed by atoms with van der Waals surface area (Å²) in [7, 11) is 2.96. The molecule has 8 nitrogen and oxygen atoms in total. The van der Waals surface area contributed by atoms with Gasteiger partial charge in [-0.2, -0.15) is 0 Å². The molecule has 0 atom stereocenters. The minimum Gasteiger partial charge on any atom is -0.493 e. The van der Waals surface area contributed by atoms with Gasteiger partial charge in [-0.1, -0.05) is 41.6 Å². The summed E-state index contributed by atoms with van der Waals surface area (Å²) in [6.45, 7) is 0. The Morgan fingerprint density at radius 1 is 1.20 bits per heavy atom. The predicted octanol–water partition coefficient (Wildman–Crippen LogP) is 3.57. The van der Waals surface area contributed by atoms with E-state index in [0.29, 0.717) is 27.4 Å². The van der Waals surface area contributed by atoms with Crippen LogP contribution >= 0.6 is 23.4 Å². The van der Waals surface area contributed by atoms with E-state index in [1.807, 2.05) is 18.2 Å². The maximum absolute atomic E-state index is 12.6. The molecule has 3 rings (SSSR count). The van der Waals surface area contributed by atoms with E-state index in [0.717, 1.165) is 5.56 Å². The molecular weight excluding hydrogens is 428 g/mol. The summed E-state index contributed by atoms with van der Waals surface area (Å²) in [6.07, 6.45) is 0. The van der Waals surface area contributed by atoms with Gasteiger partial charge in [-0.25, -0.2) is 4.98 Å². The number of carbonyl (C=O) groups is 1. The Bertz CT molecular complexity index is 1140. The number of ether oxygens (including phenoxy) is 2. The van der Waals surface area contributed by atoms with Crippen molar-refractivity contribution in [3.05, 3.63) is 69.0 Å². The van der Waals surface area contributed by atoms with Crippen molar-refractivity contribution in [2.24, 2.45) is 0 Å². The number of nitrogens with one attached hydrogen (secondary N) is 2. The van der Waals surface area contributed by atoms with E-state index in [-0.39, 0.29) is 17.1 Å². The van der Waals surface area contributed by atoms with Gasteiger partial charge in [-0.15, -0.1) is 0 Å². The Labute approximate surface area is 181 Å². The summed E-state index contributed by atoms with van der Waals surface area (Å²) in [6, 6.07) is 12.0. The SMILES string of the molecule is COc1ccc(C(=O)Nc2c(N)nc(SCc3ccccc3Cl)[nH]c2=O)cc1OC. The average Bonchev–Trinajstić information content (AvgIpc) is 2.75. The molecular formula is C20H19ClN4O4S. The van der Waals surface area contributed by atoms with Crippen molar-refractivity contribution in [1.82, 2.24) is 9.97 Å². The lowest BCUT2D eigenvalue weighted by Crippen LogP contribution is -2.23. The highest BCUT2D eigenvalue weighted by atomic mass is 35.5. The third kappa shape index (κ3) is 4.87. The van der Waals surface area contributed by atoms with Crippen LogP contribution in [0.1, 0.15) is 15.9 Å². The maximum atomic E-state index is 12.6. The van der Waals surface area contributed by atoms with Crippen LogP contribution in [0.4, 0.5) is 11.5 Å². The van der Waals surface area contributed by atoms with Crippen molar-refractivity contribution >= 4 is 40.8 Å². The third-order valence-electron chi connectivity index (χ3n) is 4.13. The number of aromatic amines is 1. The highest BCUT2D eigenvalue weighted by Crippen LogP contribution is 2.28. The van der Waals surface area contributed by atoms with Crippen molar-refractivity contribution in [1.29, 1.82) is 0 Å². The van der Waals surface area contributed by atoms with Gasteiger partial charge in [-0.3, -0.25) is 14.6 Å². The quantitative estimate of drug-likeness (QED) is 0.375. The van der Waals surface area contributed by atoms with Crippen LogP contribution in [0.3, 0.4) is 0 Å². The van der Waals surface area contributed by atoms with Gasteiger partial charge < -0.3 is 20.5 Å². The van der Waals surface area contributed by atoms with Gasteiger partial charge in [0, 0.05) is 16.3 Å². The molecule has 0 aliphatic rings. The lowest BCUT2D eigenvalue weighted by molar-refractivity contribution is 0.102. The van der Waals surface area contributed by atoms with Crippen LogP contribution < -0.4 is 26.1 Å². The number of methoxy groups -OCH3 is 2. The summed E-state index contributed by atoms with van der Waals surface area (Å²) in [5.74, 6) is 0.740. The smallest absolute Gasteiger partial charge is 0.277 e. The second kappa shape index (κ2) is 9.55. The number of H-pyrrole nitrogens is 1. The molecule has 4 N–H and O–H groups in total. The van der Waals surface area contributed by atoms with E-state index in [9.17, 15) is 9.59 Å². The Balaban J connectivity index is 1.76. The van der Waals surface area contributed by atoms with Crippen LogP contribution in [0.25, 0.3) is 0 Å². The zero-order valence-corrected chi connectivity index (χ0v) is 17.8. The first-order valence-corrected chi connectivity index (χ1v) is 10.1. The molecule has 1 aromatic heterocycles. The Hall–Kier alpha value is -3.17. The number of rotatable bonds is 7. The second-order valence-electron chi connectivity index (χ2n) is 6.04. The van der Waals surface area contributed by atoms with Crippen molar-refractivity contribution < 1.29 is 14.3 Å². The van der Waals surface area contributed by atoms with E-state index >= 15 is 0 Å². The number of aromatic nitrogens is 2. The van der Waals surface area contributed by atoms with E-state index in [4.69, 9.17) is 26.8 Å². The molecule has 0 saturated carbocycles. The van der Waals surface area contributed by atoms with Gasteiger partial charge in [0.15, 0.2) is 22.5 Å². The Morgan fingerprint density at radius 2 is 1.93 bits per heavy atom. The molecule has 0 unspecified atom stereocenters. The molecule has 0 radical (unpaired) electrons. The number of nitrogens with two attached hydrogens (primary N) is 1. The Kier molecular flexibility index (Phi) is 6.86. The second-order valence-corrected chi connectivity index (χ2v) is 7.41. The number of carbonyl (C=O) groups excluding carboxylic acids is 1. The summed E-state index contributed by atoms with van der Waals surface area (Å²) in [4.78, 5) is 31.8. The fourth-order valence-electron chi connectivity index (χ4n) is 2.58. The molecule has 1 heterocycles. The minimum atomic E-state index is -0.557. The van der Waals surface area contributed by atoms with Crippen LogP contribution in [0.15, 0.2) is 52.4 Å². The molecule has 2 aromatic carbocycles. The van der Waals surface area contributed by atoms with Crippen molar-refractivity contribution in [2.75, 3.05) is 25.3 Å². The zero-order valence-electron chi connectivity index (χ0n) is 16.2. The van der Waals surface area contributed by atoms with Gasteiger partial charge in [0.25, 0.3) is 11.5 Å². The number of halogens is 1. The molecule has 0 aliphatic carbocycles. The Morgan fingerprint density at radius 3 is 2.60 bits per heavy atom. The summed E-state index contributed by atoms with van der Waals surface area (Å²) < 4.78 is 10.3. The zero-order chi connectivity index (χ0) is 21.7. The maximum Gasteiger partial charge on any atom is 0.277 e. The van der Waals surface area contributed by atoms with Gasteiger partial charge in [0.1, 0.15) is 5.69 Å². The standard InChI is InChI=1S/C20H19ClN4O4S/c1-28-14-8-7-11(9-15(14)29-2)18(26)23-16-17(22)24-20(25-19(16)27)30-10-12-5-3-4-6-13(12)21/h3-9H,10H2,1-2H3,(H,23,26)(H3,22,24,25,27). The molecule has 1 amide bonds. The summed E-state index contributed by atoms with van der Waals surface area (Å²) >= 11 is 7.41. The van der Waals surface area contributed by atoms with Gasteiger partial charge in [0.2, 0.25) is 0 Å². The largest absolute Gasteiger partial charge is 0.493 e. The first-order chi connectivity index (χ1) is 14.4. The number of amides is 1. The first kappa shape index (κ1) is 21.5. The molecule has 3 aromatic rings. The van der Waals surface area contributed by atoms with Crippen molar-refractivity contribution in [3.8, 4) is 11.5 Å². The van der Waals surface area contributed by atoms with E-state index in [1.165, 1.54) is 32.0 Å². The van der Waals surface area contributed by atoms with E-state index in [1.54, 1.807) is 18.2 Å². The lowest BCUT2D eigenvalue weighted by Gasteiger charge is -2.11. The summed E-state index contributed by atoms with van der Waals surface area (Å²) in [5.41, 5.74) is 6.40. The number of benzene rings is 2. The molecule has 156 valence electrons. The number of thioether (sulfide) groups is 1.